The molecular weight excluding hydrogens is 212 g/mol. The molecule has 88 valence electrons. The predicted molar refractivity (Wildman–Crippen MR) is 66.4 cm³/mol. The molecule has 17 heavy (non-hydrogen) atoms. The van der Waals surface area contributed by atoms with Crippen LogP contribution in [0.1, 0.15) is 24.0 Å². The molecule has 0 bridgehead atoms. The molecule has 2 rings (SSSR count). The van der Waals surface area contributed by atoms with Crippen molar-refractivity contribution in [2.24, 2.45) is 5.73 Å². The summed E-state index contributed by atoms with van der Waals surface area (Å²) in [4.78, 5) is 12.9. The Kier molecular flexibility index (Phi) is 3.77. The van der Waals surface area contributed by atoms with Crippen molar-refractivity contribution in [2.45, 2.75) is 25.8 Å². The number of nitrogens with two attached hydrogens (primary N) is 1. The molecule has 2 aromatic heterocycles. The van der Waals surface area contributed by atoms with E-state index in [-0.39, 0.29) is 6.04 Å². The molecule has 4 nitrogen and oxygen atoms in total. The number of rotatable bonds is 4. The standard InChI is InChI=1S/C13H16N4/c1-10(14)6-11-8-16-13(17-9-11)7-12-4-2-3-5-15-12/h2-5,8-10H,6-7,14H2,1H3. The lowest BCUT2D eigenvalue weighted by molar-refractivity contribution is 0.729. The Morgan fingerprint density at radius 2 is 1.94 bits per heavy atom. The van der Waals surface area contributed by atoms with Crippen molar-refractivity contribution in [1.82, 2.24) is 15.0 Å². The van der Waals surface area contributed by atoms with E-state index in [9.17, 15) is 0 Å². The van der Waals surface area contributed by atoms with Crippen molar-refractivity contribution in [2.75, 3.05) is 0 Å². The van der Waals surface area contributed by atoms with E-state index in [1.54, 1.807) is 6.20 Å². The van der Waals surface area contributed by atoms with Gasteiger partial charge in [-0.2, -0.15) is 0 Å². The molecule has 0 fully saturated rings. The van der Waals surface area contributed by atoms with E-state index in [0.717, 1.165) is 23.5 Å². The summed E-state index contributed by atoms with van der Waals surface area (Å²) in [5.41, 5.74) is 7.77. The molecule has 2 heterocycles. The average molecular weight is 228 g/mol. The van der Waals surface area contributed by atoms with Crippen LogP contribution in [0.3, 0.4) is 0 Å². The Bertz CT molecular complexity index is 451. The summed E-state index contributed by atoms with van der Waals surface area (Å²) in [7, 11) is 0. The quantitative estimate of drug-likeness (QED) is 0.858. The van der Waals surface area contributed by atoms with Gasteiger partial charge in [0.05, 0.1) is 0 Å². The number of pyridine rings is 1. The van der Waals surface area contributed by atoms with Crippen molar-refractivity contribution >= 4 is 0 Å². The molecule has 0 spiro atoms. The van der Waals surface area contributed by atoms with Crippen LogP contribution in [0.5, 0.6) is 0 Å². The second-order valence-corrected chi connectivity index (χ2v) is 4.19. The Morgan fingerprint density at radius 3 is 2.53 bits per heavy atom. The normalized spacial score (nSPS) is 12.4. The van der Waals surface area contributed by atoms with Gasteiger partial charge in [0.25, 0.3) is 0 Å². The minimum Gasteiger partial charge on any atom is -0.328 e. The zero-order valence-corrected chi connectivity index (χ0v) is 9.87. The molecule has 0 saturated carbocycles. The first-order chi connectivity index (χ1) is 8.24. The van der Waals surface area contributed by atoms with Crippen LogP contribution in [0.25, 0.3) is 0 Å². The molecular formula is C13H16N4. The Labute approximate surface area is 101 Å². The first kappa shape index (κ1) is 11.7. The lowest BCUT2D eigenvalue weighted by Gasteiger charge is -2.05. The molecule has 0 saturated heterocycles. The van der Waals surface area contributed by atoms with E-state index in [0.29, 0.717) is 6.42 Å². The third-order valence-corrected chi connectivity index (χ3v) is 2.38. The molecule has 0 amide bonds. The first-order valence-electron chi connectivity index (χ1n) is 5.69. The Morgan fingerprint density at radius 1 is 1.18 bits per heavy atom. The Hall–Kier alpha value is -1.81. The highest BCUT2D eigenvalue weighted by atomic mass is 14.9. The summed E-state index contributed by atoms with van der Waals surface area (Å²) in [6.45, 7) is 1.97. The minimum absolute atomic E-state index is 0.139. The van der Waals surface area contributed by atoms with Crippen LogP contribution in [0.15, 0.2) is 36.8 Å². The van der Waals surface area contributed by atoms with Crippen LogP contribution in [-0.2, 0) is 12.8 Å². The van der Waals surface area contributed by atoms with E-state index in [1.807, 2.05) is 37.5 Å². The Balaban J connectivity index is 2.03. The number of hydrogen-bond donors (Lipinski definition) is 1. The fourth-order valence-electron chi connectivity index (χ4n) is 1.61. The predicted octanol–water partition coefficient (Wildman–Crippen LogP) is 1.35. The van der Waals surface area contributed by atoms with Gasteiger partial charge in [0.2, 0.25) is 0 Å². The molecule has 1 atom stereocenters. The zero-order valence-electron chi connectivity index (χ0n) is 9.87. The SMILES string of the molecule is CC(N)Cc1cnc(Cc2ccccn2)nc1. The second-order valence-electron chi connectivity index (χ2n) is 4.19. The van der Waals surface area contributed by atoms with Gasteiger partial charge in [-0.05, 0) is 31.0 Å². The van der Waals surface area contributed by atoms with Crippen molar-refractivity contribution in [3.05, 3.63) is 53.9 Å². The number of hydrogen-bond acceptors (Lipinski definition) is 4. The molecule has 1 unspecified atom stereocenters. The van der Waals surface area contributed by atoms with Gasteiger partial charge in [0.15, 0.2) is 0 Å². The summed E-state index contributed by atoms with van der Waals surface area (Å²) in [6.07, 6.45) is 6.94. The van der Waals surface area contributed by atoms with E-state index >= 15 is 0 Å². The van der Waals surface area contributed by atoms with Gasteiger partial charge in [0.1, 0.15) is 5.82 Å². The maximum absolute atomic E-state index is 5.72. The largest absolute Gasteiger partial charge is 0.328 e. The lowest BCUT2D eigenvalue weighted by Crippen LogP contribution is -2.18. The maximum Gasteiger partial charge on any atom is 0.134 e. The molecule has 0 aliphatic heterocycles. The summed E-state index contributed by atoms with van der Waals surface area (Å²) in [5.74, 6) is 0.789. The summed E-state index contributed by atoms with van der Waals surface area (Å²) in [6, 6.07) is 5.97. The van der Waals surface area contributed by atoms with E-state index < -0.39 is 0 Å². The van der Waals surface area contributed by atoms with Crippen LogP contribution in [0.2, 0.25) is 0 Å². The topological polar surface area (TPSA) is 64.7 Å². The minimum atomic E-state index is 0.139. The summed E-state index contributed by atoms with van der Waals surface area (Å²) in [5, 5.41) is 0. The summed E-state index contributed by atoms with van der Waals surface area (Å²) >= 11 is 0. The van der Waals surface area contributed by atoms with Gasteiger partial charge in [-0.25, -0.2) is 9.97 Å². The highest BCUT2D eigenvalue weighted by Gasteiger charge is 2.02. The van der Waals surface area contributed by atoms with Gasteiger partial charge < -0.3 is 5.73 Å². The van der Waals surface area contributed by atoms with E-state index in [1.165, 1.54) is 0 Å². The van der Waals surface area contributed by atoms with Crippen molar-refractivity contribution in [3.63, 3.8) is 0 Å². The van der Waals surface area contributed by atoms with Crippen LogP contribution < -0.4 is 5.73 Å². The van der Waals surface area contributed by atoms with Crippen LogP contribution in [0.4, 0.5) is 0 Å². The van der Waals surface area contributed by atoms with Gasteiger partial charge in [0, 0.05) is 36.7 Å². The van der Waals surface area contributed by atoms with Gasteiger partial charge in [-0.1, -0.05) is 6.07 Å². The fourth-order valence-corrected chi connectivity index (χ4v) is 1.61. The van der Waals surface area contributed by atoms with Crippen molar-refractivity contribution in [3.8, 4) is 0 Å². The lowest BCUT2D eigenvalue weighted by atomic mass is 10.1. The van der Waals surface area contributed by atoms with E-state index in [2.05, 4.69) is 15.0 Å². The first-order valence-corrected chi connectivity index (χ1v) is 5.69. The zero-order chi connectivity index (χ0) is 12.1. The third kappa shape index (κ3) is 3.60. The smallest absolute Gasteiger partial charge is 0.134 e. The monoisotopic (exact) mass is 228 g/mol. The fraction of sp³-hybridized carbons (Fsp3) is 0.308. The van der Waals surface area contributed by atoms with Gasteiger partial charge in [-0.3, -0.25) is 4.98 Å². The molecule has 2 aromatic rings. The average Bonchev–Trinajstić information content (AvgIpc) is 2.32. The highest BCUT2D eigenvalue weighted by Crippen LogP contribution is 2.04. The molecule has 0 aliphatic rings. The maximum atomic E-state index is 5.72. The number of aromatic nitrogens is 3. The van der Waals surface area contributed by atoms with Gasteiger partial charge in [-0.15, -0.1) is 0 Å². The second kappa shape index (κ2) is 5.50. The van der Waals surface area contributed by atoms with Gasteiger partial charge >= 0.3 is 0 Å². The molecule has 4 heteroatoms. The van der Waals surface area contributed by atoms with Crippen LogP contribution >= 0.6 is 0 Å². The number of nitrogens with zero attached hydrogens (tertiary/aromatic N) is 3. The van der Waals surface area contributed by atoms with Crippen LogP contribution in [-0.4, -0.2) is 21.0 Å². The van der Waals surface area contributed by atoms with Crippen molar-refractivity contribution < 1.29 is 0 Å². The molecule has 0 radical (unpaired) electrons. The van der Waals surface area contributed by atoms with E-state index in [4.69, 9.17) is 5.73 Å². The molecule has 0 aromatic carbocycles. The molecule has 0 aliphatic carbocycles. The third-order valence-electron chi connectivity index (χ3n) is 2.38. The highest BCUT2D eigenvalue weighted by molar-refractivity contribution is 5.12. The molecule has 2 N–H and O–H groups in total. The van der Waals surface area contributed by atoms with Crippen molar-refractivity contribution in [1.29, 1.82) is 0 Å². The summed E-state index contributed by atoms with van der Waals surface area (Å²) < 4.78 is 0. The van der Waals surface area contributed by atoms with Crippen LogP contribution in [0, 0.1) is 0 Å².